The summed E-state index contributed by atoms with van der Waals surface area (Å²) in [5, 5.41) is 0. The second-order valence-corrected chi connectivity index (χ2v) is 7.12. The van der Waals surface area contributed by atoms with Gasteiger partial charge in [0.25, 0.3) is 5.91 Å². The summed E-state index contributed by atoms with van der Waals surface area (Å²) in [6.45, 7) is 1.90. The maximum absolute atomic E-state index is 13.3. The molecule has 33 heavy (non-hydrogen) atoms. The van der Waals surface area contributed by atoms with Crippen molar-refractivity contribution in [3.05, 3.63) is 83.7 Å². The van der Waals surface area contributed by atoms with Crippen molar-refractivity contribution in [2.24, 2.45) is 0 Å². The first kappa shape index (κ1) is 21.9. The van der Waals surface area contributed by atoms with Crippen LogP contribution in [0.3, 0.4) is 0 Å². The van der Waals surface area contributed by atoms with Crippen LogP contribution in [0.25, 0.3) is 11.1 Å². The molecule has 4 rings (SSSR count). The van der Waals surface area contributed by atoms with Crippen molar-refractivity contribution < 1.29 is 28.2 Å². The highest BCUT2D eigenvalue weighted by Crippen LogP contribution is 2.29. The molecule has 0 unspecified atom stereocenters. The topological polar surface area (TPSA) is 91.1 Å². The Labute approximate surface area is 190 Å². The van der Waals surface area contributed by atoms with Gasteiger partial charge in [-0.1, -0.05) is 24.3 Å². The third-order valence-corrected chi connectivity index (χ3v) is 5.01. The highest BCUT2D eigenvalue weighted by Gasteiger charge is 2.29. The summed E-state index contributed by atoms with van der Waals surface area (Å²) in [5.74, 6) is 0.767. The molecule has 8 heteroatoms. The minimum absolute atomic E-state index is 0.133. The minimum atomic E-state index is -0.811. The van der Waals surface area contributed by atoms with Gasteiger partial charge in [0, 0.05) is 0 Å². The molecule has 0 aliphatic carbocycles. The SMILES string of the molecule is COC(=O)N(C(=O)c1ccccc1OC)c1ccc(OCc2nc3ccccc3o2)cc1C. The number of carbonyl (C=O) groups is 2. The number of amides is 2. The first-order chi connectivity index (χ1) is 16.0. The van der Waals surface area contributed by atoms with Crippen molar-refractivity contribution in [3.8, 4) is 11.5 Å². The van der Waals surface area contributed by atoms with Crippen molar-refractivity contribution in [1.29, 1.82) is 0 Å². The normalized spacial score (nSPS) is 10.6. The van der Waals surface area contributed by atoms with E-state index in [2.05, 4.69) is 4.98 Å². The number of para-hydroxylation sites is 3. The van der Waals surface area contributed by atoms with E-state index in [-0.39, 0.29) is 12.2 Å². The molecule has 1 aromatic heterocycles. The molecular formula is C25H22N2O6. The standard InChI is InChI=1S/C25H22N2O6/c1-16-14-17(32-15-23-26-19-9-5-7-11-22(19)33-23)12-13-20(16)27(25(29)31-3)24(28)18-8-4-6-10-21(18)30-2/h4-14H,15H2,1-3H3. The van der Waals surface area contributed by atoms with Crippen molar-refractivity contribution in [1.82, 2.24) is 4.98 Å². The summed E-state index contributed by atoms with van der Waals surface area (Å²) in [5.41, 5.74) is 2.68. The van der Waals surface area contributed by atoms with E-state index in [0.717, 1.165) is 10.4 Å². The molecule has 168 valence electrons. The van der Waals surface area contributed by atoms with Crippen molar-refractivity contribution in [3.63, 3.8) is 0 Å². The molecule has 0 radical (unpaired) electrons. The zero-order valence-corrected chi connectivity index (χ0v) is 18.4. The Morgan fingerprint density at radius 3 is 2.48 bits per heavy atom. The van der Waals surface area contributed by atoms with E-state index in [1.165, 1.54) is 14.2 Å². The molecular weight excluding hydrogens is 424 g/mol. The second kappa shape index (κ2) is 9.44. The lowest BCUT2D eigenvalue weighted by atomic mass is 10.1. The van der Waals surface area contributed by atoms with Crippen LogP contribution in [-0.4, -0.2) is 31.2 Å². The molecule has 1 heterocycles. The van der Waals surface area contributed by atoms with Gasteiger partial charge >= 0.3 is 6.09 Å². The maximum atomic E-state index is 13.3. The van der Waals surface area contributed by atoms with Gasteiger partial charge in [0.2, 0.25) is 5.89 Å². The third-order valence-electron chi connectivity index (χ3n) is 5.01. The number of benzene rings is 3. The number of carbonyl (C=O) groups excluding carboxylic acids is 2. The number of nitrogens with zero attached hydrogens (tertiary/aromatic N) is 2. The number of imide groups is 1. The van der Waals surface area contributed by atoms with E-state index >= 15 is 0 Å². The van der Waals surface area contributed by atoms with Crippen LogP contribution < -0.4 is 14.4 Å². The number of ether oxygens (including phenoxy) is 3. The van der Waals surface area contributed by atoms with Crippen molar-refractivity contribution >= 4 is 28.8 Å². The van der Waals surface area contributed by atoms with Crippen LogP contribution >= 0.6 is 0 Å². The molecule has 0 N–H and O–H groups in total. The molecule has 0 saturated heterocycles. The van der Waals surface area contributed by atoms with E-state index in [1.54, 1.807) is 49.4 Å². The predicted molar refractivity (Wildman–Crippen MR) is 122 cm³/mol. The number of hydrogen-bond donors (Lipinski definition) is 0. The highest BCUT2D eigenvalue weighted by atomic mass is 16.5. The number of oxazole rings is 1. The molecule has 8 nitrogen and oxygen atoms in total. The predicted octanol–water partition coefficient (Wildman–Crippen LogP) is 5.14. The van der Waals surface area contributed by atoms with E-state index in [0.29, 0.717) is 34.2 Å². The fourth-order valence-electron chi connectivity index (χ4n) is 3.42. The summed E-state index contributed by atoms with van der Waals surface area (Å²) in [7, 11) is 2.68. The third kappa shape index (κ3) is 4.50. The Morgan fingerprint density at radius 2 is 1.76 bits per heavy atom. The number of hydrogen-bond acceptors (Lipinski definition) is 7. The van der Waals surface area contributed by atoms with Crippen molar-refractivity contribution in [2.75, 3.05) is 19.1 Å². The number of anilines is 1. The fourth-order valence-corrected chi connectivity index (χ4v) is 3.42. The Morgan fingerprint density at radius 1 is 1.00 bits per heavy atom. The van der Waals surface area contributed by atoms with Gasteiger partial charge in [-0.2, -0.15) is 0 Å². The molecule has 0 atom stereocenters. The van der Waals surface area contributed by atoms with Crippen LogP contribution in [-0.2, 0) is 11.3 Å². The van der Waals surface area contributed by atoms with Crippen LogP contribution in [0.4, 0.5) is 10.5 Å². The summed E-state index contributed by atoms with van der Waals surface area (Å²) < 4.78 is 21.6. The first-order valence-corrected chi connectivity index (χ1v) is 10.1. The van der Waals surface area contributed by atoms with Gasteiger partial charge in [-0.25, -0.2) is 14.7 Å². The zero-order valence-electron chi connectivity index (χ0n) is 18.4. The monoisotopic (exact) mass is 446 g/mol. The lowest BCUT2D eigenvalue weighted by molar-refractivity contribution is 0.0972. The quantitative estimate of drug-likeness (QED) is 0.405. The van der Waals surface area contributed by atoms with Crippen molar-refractivity contribution in [2.45, 2.75) is 13.5 Å². The number of fused-ring (bicyclic) bond motifs is 1. The molecule has 0 aliphatic heterocycles. The molecule has 2 amide bonds. The molecule has 0 spiro atoms. The van der Waals surface area contributed by atoms with Gasteiger partial charge in [0.15, 0.2) is 12.2 Å². The molecule has 0 fully saturated rings. The van der Waals surface area contributed by atoms with Gasteiger partial charge < -0.3 is 18.6 Å². The zero-order chi connectivity index (χ0) is 23.4. The van der Waals surface area contributed by atoms with Gasteiger partial charge in [0.05, 0.1) is 25.5 Å². The lowest BCUT2D eigenvalue weighted by Gasteiger charge is -2.22. The van der Waals surface area contributed by atoms with Gasteiger partial charge in [0.1, 0.15) is 17.0 Å². The van der Waals surface area contributed by atoms with Crippen LogP contribution in [0.1, 0.15) is 21.8 Å². The molecule has 0 saturated carbocycles. The first-order valence-electron chi connectivity index (χ1n) is 10.1. The summed E-state index contributed by atoms with van der Waals surface area (Å²) >= 11 is 0. The summed E-state index contributed by atoms with van der Waals surface area (Å²) in [4.78, 5) is 31.2. The van der Waals surface area contributed by atoms with E-state index in [1.807, 2.05) is 24.3 Å². The molecule has 0 aliphatic rings. The Hall–Kier alpha value is -4.33. The number of aryl methyl sites for hydroxylation is 1. The average molecular weight is 446 g/mol. The molecule has 3 aromatic carbocycles. The second-order valence-electron chi connectivity index (χ2n) is 7.12. The number of rotatable bonds is 6. The molecule has 0 bridgehead atoms. The van der Waals surface area contributed by atoms with Crippen LogP contribution in [0, 0.1) is 6.92 Å². The molecule has 4 aromatic rings. The fraction of sp³-hybridized carbons (Fsp3) is 0.160. The maximum Gasteiger partial charge on any atom is 0.421 e. The largest absolute Gasteiger partial charge is 0.496 e. The average Bonchev–Trinajstić information content (AvgIpc) is 3.26. The lowest BCUT2D eigenvalue weighted by Crippen LogP contribution is -2.37. The van der Waals surface area contributed by atoms with Gasteiger partial charge in [-0.15, -0.1) is 0 Å². The number of aromatic nitrogens is 1. The van der Waals surface area contributed by atoms with E-state index in [4.69, 9.17) is 18.6 Å². The Kier molecular flexibility index (Phi) is 6.26. The smallest absolute Gasteiger partial charge is 0.421 e. The van der Waals surface area contributed by atoms with Crippen LogP contribution in [0.15, 0.2) is 71.1 Å². The summed E-state index contributed by atoms with van der Waals surface area (Å²) in [6, 6.07) is 19.2. The highest BCUT2D eigenvalue weighted by molar-refractivity contribution is 6.20. The van der Waals surface area contributed by atoms with Gasteiger partial charge in [-0.3, -0.25) is 4.79 Å². The summed E-state index contributed by atoms with van der Waals surface area (Å²) in [6.07, 6.45) is -0.811. The van der Waals surface area contributed by atoms with Crippen LogP contribution in [0.2, 0.25) is 0 Å². The van der Waals surface area contributed by atoms with E-state index < -0.39 is 12.0 Å². The number of methoxy groups -OCH3 is 2. The Balaban J connectivity index is 1.58. The van der Waals surface area contributed by atoms with Crippen LogP contribution in [0.5, 0.6) is 11.5 Å². The Bertz CT molecular complexity index is 1280. The van der Waals surface area contributed by atoms with Gasteiger partial charge in [-0.05, 0) is 55.0 Å². The van der Waals surface area contributed by atoms with E-state index in [9.17, 15) is 9.59 Å². The minimum Gasteiger partial charge on any atom is -0.496 e.